The Morgan fingerprint density at radius 2 is 2.23 bits per heavy atom. The predicted molar refractivity (Wildman–Crippen MR) is 53.3 cm³/mol. The standard InChI is InChI=1S/C9H15N3O/c1-2-3-7(10)6-4-12-5-8(11)9(6)13/h4-5,7H,2-3,10-11H2,1H3,(H,12,13)/t7-/m1/s1. The van der Waals surface area contributed by atoms with Crippen molar-refractivity contribution < 1.29 is 0 Å². The van der Waals surface area contributed by atoms with Crippen LogP contribution >= 0.6 is 0 Å². The Morgan fingerprint density at radius 1 is 1.54 bits per heavy atom. The Balaban J connectivity index is 3.01. The average Bonchev–Trinajstić information content (AvgIpc) is 2.10. The quantitative estimate of drug-likeness (QED) is 0.643. The van der Waals surface area contributed by atoms with Crippen molar-refractivity contribution in [1.29, 1.82) is 0 Å². The zero-order chi connectivity index (χ0) is 9.84. The second kappa shape index (κ2) is 4.09. The number of anilines is 1. The first-order valence-corrected chi connectivity index (χ1v) is 4.38. The topological polar surface area (TPSA) is 84.9 Å². The molecule has 1 rings (SSSR count). The van der Waals surface area contributed by atoms with Crippen LogP contribution in [0.15, 0.2) is 17.2 Å². The van der Waals surface area contributed by atoms with Crippen LogP contribution in [0, 0.1) is 0 Å². The SMILES string of the molecule is CCC[C@@H](N)c1c[nH]cc(N)c1=O. The van der Waals surface area contributed by atoms with E-state index in [1.54, 1.807) is 6.20 Å². The molecule has 0 saturated heterocycles. The molecule has 1 atom stereocenters. The van der Waals surface area contributed by atoms with Gasteiger partial charge < -0.3 is 16.5 Å². The zero-order valence-electron chi connectivity index (χ0n) is 7.71. The molecule has 0 aliphatic rings. The first-order valence-electron chi connectivity index (χ1n) is 4.38. The number of aromatic amines is 1. The largest absolute Gasteiger partial charge is 0.394 e. The molecule has 0 saturated carbocycles. The molecule has 0 unspecified atom stereocenters. The minimum Gasteiger partial charge on any atom is -0.394 e. The maximum atomic E-state index is 11.5. The lowest BCUT2D eigenvalue weighted by atomic mass is 10.0. The summed E-state index contributed by atoms with van der Waals surface area (Å²) in [6.07, 6.45) is 4.85. The van der Waals surface area contributed by atoms with Gasteiger partial charge in [-0.25, -0.2) is 0 Å². The van der Waals surface area contributed by atoms with Gasteiger partial charge in [0.15, 0.2) is 0 Å². The van der Waals surface area contributed by atoms with Crippen molar-refractivity contribution in [3.63, 3.8) is 0 Å². The van der Waals surface area contributed by atoms with E-state index in [0.717, 1.165) is 12.8 Å². The van der Waals surface area contributed by atoms with Crippen LogP contribution in [0.5, 0.6) is 0 Å². The fourth-order valence-electron chi connectivity index (χ4n) is 1.26. The Hall–Kier alpha value is -1.29. The lowest BCUT2D eigenvalue weighted by molar-refractivity contribution is 0.633. The highest BCUT2D eigenvalue weighted by molar-refractivity contribution is 5.38. The first-order chi connectivity index (χ1) is 6.16. The third-order valence-electron chi connectivity index (χ3n) is 2.00. The van der Waals surface area contributed by atoms with Crippen molar-refractivity contribution in [2.24, 2.45) is 5.73 Å². The highest BCUT2D eigenvalue weighted by Crippen LogP contribution is 2.11. The van der Waals surface area contributed by atoms with Crippen LogP contribution < -0.4 is 16.9 Å². The molecule has 0 aliphatic heterocycles. The number of rotatable bonds is 3. The molecule has 0 aromatic carbocycles. The van der Waals surface area contributed by atoms with E-state index in [0.29, 0.717) is 5.56 Å². The van der Waals surface area contributed by atoms with Crippen LogP contribution in [-0.4, -0.2) is 4.98 Å². The summed E-state index contributed by atoms with van der Waals surface area (Å²) in [6, 6.07) is -0.211. The zero-order valence-corrected chi connectivity index (χ0v) is 7.71. The second-order valence-electron chi connectivity index (χ2n) is 3.09. The minimum absolute atomic E-state index is 0.153. The third-order valence-corrected chi connectivity index (χ3v) is 2.00. The molecule has 72 valence electrons. The van der Waals surface area contributed by atoms with Gasteiger partial charge in [0.2, 0.25) is 5.43 Å². The Kier molecular flexibility index (Phi) is 3.08. The minimum atomic E-state index is -0.211. The maximum absolute atomic E-state index is 11.5. The van der Waals surface area contributed by atoms with E-state index in [4.69, 9.17) is 11.5 Å². The van der Waals surface area contributed by atoms with E-state index < -0.39 is 0 Å². The van der Waals surface area contributed by atoms with E-state index in [9.17, 15) is 4.79 Å². The van der Waals surface area contributed by atoms with Crippen molar-refractivity contribution in [2.45, 2.75) is 25.8 Å². The molecule has 1 aromatic rings. The van der Waals surface area contributed by atoms with E-state index in [2.05, 4.69) is 4.98 Å². The van der Waals surface area contributed by atoms with Crippen molar-refractivity contribution in [2.75, 3.05) is 5.73 Å². The number of nitrogens with one attached hydrogen (secondary N) is 1. The van der Waals surface area contributed by atoms with Crippen molar-refractivity contribution in [1.82, 2.24) is 4.98 Å². The predicted octanol–water partition coefficient (Wildman–Crippen LogP) is 0.757. The lowest BCUT2D eigenvalue weighted by Gasteiger charge is -2.09. The molecule has 0 spiro atoms. The van der Waals surface area contributed by atoms with E-state index in [-0.39, 0.29) is 17.2 Å². The van der Waals surface area contributed by atoms with E-state index in [1.807, 2.05) is 6.92 Å². The van der Waals surface area contributed by atoms with Crippen molar-refractivity contribution in [3.8, 4) is 0 Å². The van der Waals surface area contributed by atoms with Gasteiger partial charge in [0, 0.05) is 24.0 Å². The molecule has 0 radical (unpaired) electrons. The Morgan fingerprint density at radius 3 is 2.85 bits per heavy atom. The van der Waals surface area contributed by atoms with Gasteiger partial charge in [0.05, 0.1) is 5.69 Å². The monoisotopic (exact) mass is 181 g/mol. The summed E-state index contributed by atoms with van der Waals surface area (Å²) in [7, 11) is 0. The molecule has 1 heterocycles. The van der Waals surface area contributed by atoms with Gasteiger partial charge in [-0.05, 0) is 6.42 Å². The molecule has 0 amide bonds. The number of aromatic nitrogens is 1. The Labute approximate surface area is 77.0 Å². The van der Waals surface area contributed by atoms with Crippen LogP contribution in [0.4, 0.5) is 5.69 Å². The van der Waals surface area contributed by atoms with Gasteiger partial charge in [-0.1, -0.05) is 13.3 Å². The number of pyridine rings is 1. The second-order valence-corrected chi connectivity index (χ2v) is 3.09. The fraction of sp³-hybridized carbons (Fsp3) is 0.444. The van der Waals surface area contributed by atoms with Crippen molar-refractivity contribution in [3.05, 3.63) is 28.2 Å². The normalized spacial score (nSPS) is 12.8. The first kappa shape index (κ1) is 9.80. The summed E-state index contributed by atoms with van der Waals surface area (Å²) >= 11 is 0. The molecule has 5 N–H and O–H groups in total. The van der Waals surface area contributed by atoms with Gasteiger partial charge in [-0.3, -0.25) is 4.79 Å². The highest BCUT2D eigenvalue weighted by atomic mass is 16.1. The number of hydrogen-bond acceptors (Lipinski definition) is 3. The molecule has 4 nitrogen and oxygen atoms in total. The summed E-state index contributed by atoms with van der Waals surface area (Å²) in [5.41, 5.74) is 11.9. The van der Waals surface area contributed by atoms with E-state index >= 15 is 0 Å². The summed E-state index contributed by atoms with van der Waals surface area (Å²) < 4.78 is 0. The van der Waals surface area contributed by atoms with Gasteiger partial charge in [0.1, 0.15) is 0 Å². The number of nitrogens with two attached hydrogens (primary N) is 2. The summed E-state index contributed by atoms with van der Waals surface area (Å²) in [6.45, 7) is 2.03. The molecule has 0 aliphatic carbocycles. The third kappa shape index (κ3) is 2.09. The summed E-state index contributed by atoms with van der Waals surface area (Å²) in [5.74, 6) is 0. The van der Waals surface area contributed by atoms with Crippen LogP contribution in [0.1, 0.15) is 31.4 Å². The van der Waals surface area contributed by atoms with E-state index in [1.165, 1.54) is 6.20 Å². The molecular weight excluding hydrogens is 166 g/mol. The summed E-state index contributed by atoms with van der Waals surface area (Å²) in [4.78, 5) is 14.3. The number of hydrogen-bond donors (Lipinski definition) is 3. The van der Waals surface area contributed by atoms with Gasteiger partial charge in [0.25, 0.3) is 0 Å². The molecule has 4 heteroatoms. The van der Waals surface area contributed by atoms with Crippen LogP contribution in [-0.2, 0) is 0 Å². The molecule has 0 bridgehead atoms. The fourth-order valence-corrected chi connectivity index (χ4v) is 1.26. The van der Waals surface area contributed by atoms with Gasteiger partial charge in [-0.15, -0.1) is 0 Å². The lowest BCUT2D eigenvalue weighted by Crippen LogP contribution is -2.22. The van der Waals surface area contributed by atoms with Crippen LogP contribution in [0.2, 0.25) is 0 Å². The molecular formula is C9H15N3O. The number of H-pyrrole nitrogens is 1. The maximum Gasteiger partial charge on any atom is 0.209 e. The van der Waals surface area contributed by atoms with Crippen LogP contribution in [0.25, 0.3) is 0 Å². The number of nitrogen functional groups attached to an aromatic ring is 1. The highest BCUT2D eigenvalue weighted by Gasteiger charge is 2.09. The van der Waals surface area contributed by atoms with Gasteiger partial charge in [-0.2, -0.15) is 0 Å². The average molecular weight is 181 g/mol. The van der Waals surface area contributed by atoms with Crippen molar-refractivity contribution >= 4 is 5.69 Å². The summed E-state index contributed by atoms with van der Waals surface area (Å²) in [5, 5.41) is 0. The van der Waals surface area contributed by atoms with Crippen LogP contribution in [0.3, 0.4) is 0 Å². The Bertz CT molecular complexity index is 332. The molecule has 0 fully saturated rings. The van der Waals surface area contributed by atoms with Gasteiger partial charge >= 0.3 is 0 Å². The molecule has 1 aromatic heterocycles. The molecule has 13 heavy (non-hydrogen) atoms. The smallest absolute Gasteiger partial charge is 0.209 e.